The standard InChI is InChI=1S/C17H15BrO4/c1-21-13-5-3-4-12(9-13)16(19)17(20)14-7-6-11(10-18)8-15(14)22-2/h3-9H,10H2,1-2H3. The fraction of sp³-hybridized carbons (Fsp3) is 0.176. The van der Waals surface area contributed by atoms with Crippen molar-refractivity contribution in [3.63, 3.8) is 0 Å². The highest BCUT2D eigenvalue weighted by Gasteiger charge is 2.22. The molecule has 2 rings (SSSR count). The number of rotatable bonds is 6. The predicted octanol–water partition coefficient (Wildman–Crippen LogP) is 3.66. The van der Waals surface area contributed by atoms with Gasteiger partial charge in [-0.3, -0.25) is 9.59 Å². The molecule has 0 saturated heterocycles. The summed E-state index contributed by atoms with van der Waals surface area (Å²) >= 11 is 3.34. The van der Waals surface area contributed by atoms with Crippen molar-refractivity contribution in [2.75, 3.05) is 14.2 Å². The summed E-state index contributed by atoms with van der Waals surface area (Å²) in [6.07, 6.45) is 0. The molecule has 2 aromatic rings. The third kappa shape index (κ3) is 3.36. The molecule has 0 spiro atoms. The van der Waals surface area contributed by atoms with Crippen LogP contribution in [0, 0.1) is 0 Å². The molecule has 0 amide bonds. The summed E-state index contributed by atoms with van der Waals surface area (Å²) in [6, 6.07) is 11.6. The average molecular weight is 363 g/mol. The highest BCUT2D eigenvalue weighted by molar-refractivity contribution is 9.08. The van der Waals surface area contributed by atoms with Crippen LogP contribution in [0.25, 0.3) is 0 Å². The topological polar surface area (TPSA) is 52.6 Å². The summed E-state index contributed by atoms with van der Waals surface area (Å²) in [4.78, 5) is 24.8. The fourth-order valence-corrected chi connectivity index (χ4v) is 2.37. The number of carbonyl (C=O) groups is 2. The lowest BCUT2D eigenvalue weighted by atomic mass is 9.99. The third-order valence-electron chi connectivity index (χ3n) is 3.20. The first-order valence-corrected chi connectivity index (χ1v) is 7.68. The molecule has 0 aliphatic rings. The van der Waals surface area contributed by atoms with Gasteiger partial charge >= 0.3 is 0 Å². The maximum Gasteiger partial charge on any atom is 0.237 e. The first-order valence-electron chi connectivity index (χ1n) is 6.56. The fourth-order valence-electron chi connectivity index (χ4n) is 2.02. The molecular formula is C17H15BrO4. The summed E-state index contributed by atoms with van der Waals surface area (Å²) in [5.74, 6) is -0.284. The number of Topliss-reactive ketones (excluding diaryl/α,β-unsaturated/α-hetero) is 2. The van der Waals surface area contributed by atoms with Crippen LogP contribution in [-0.4, -0.2) is 25.8 Å². The second kappa shape index (κ2) is 7.22. The van der Waals surface area contributed by atoms with Crippen LogP contribution in [0.2, 0.25) is 0 Å². The molecule has 0 heterocycles. The van der Waals surface area contributed by atoms with Gasteiger partial charge in [-0.05, 0) is 29.8 Å². The van der Waals surface area contributed by atoms with Crippen LogP contribution < -0.4 is 9.47 Å². The monoisotopic (exact) mass is 362 g/mol. The van der Waals surface area contributed by atoms with Crippen LogP contribution in [0.3, 0.4) is 0 Å². The normalized spacial score (nSPS) is 10.1. The Kier molecular flexibility index (Phi) is 5.33. The smallest absolute Gasteiger partial charge is 0.237 e. The summed E-state index contributed by atoms with van der Waals surface area (Å²) in [7, 11) is 2.98. The highest BCUT2D eigenvalue weighted by Crippen LogP contribution is 2.24. The van der Waals surface area contributed by atoms with E-state index in [1.807, 2.05) is 0 Å². The highest BCUT2D eigenvalue weighted by atomic mass is 79.9. The molecule has 0 aliphatic carbocycles. The summed E-state index contributed by atoms with van der Waals surface area (Å²) in [6.45, 7) is 0. The van der Waals surface area contributed by atoms with E-state index in [2.05, 4.69) is 15.9 Å². The SMILES string of the molecule is COc1cccc(C(=O)C(=O)c2ccc(CBr)cc2OC)c1. The van der Waals surface area contributed by atoms with E-state index in [9.17, 15) is 9.59 Å². The van der Waals surface area contributed by atoms with E-state index >= 15 is 0 Å². The van der Waals surface area contributed by atoms with Crippen molar-refractivity contribution < 1.29 is 19.1 Å². The molecule has 0 saturated carbocycles. The van der Waals surface area contributed by atoms with Crippen LogP contribution in [0.1, 0.15) is 26.3 Å². The number of hydrogen-bond acceptors (Lipinski definition) is 4. The Morgan fingerprint density at radius 2 is 1.77 bits per heavy atom. The zero-order valence-electron chi connectivity index (χ0n) is 12.3. The summed E-state index contributed by atoms with van der Waals surface area (Å²) in [5, 5.41) is 0.641. The van der Waals surface area contributed by atoms with Gasteiger partial charge in [-0.1, -0.05) is 34.1 Å². The van der Waals surface area contributed by atoms with Crippen LogP contribution in [-0.2, 0) is 5.33 Å². The molecule has 0 radical (unpaired) electrons. The van der Waals surface area contributed by atoms with Crippen molar-refractivity contribution >= 4 is 27.5 Å². The molecule has 0 N–H and O–H groups in total. The molecule has 114 valence electrons. The van der Waals surface area contributed by atoms with Crippen molar-refractivity contribution in [3.05, 3.63) is 59.2 Å². The minimum absolute atomic E-state index is 0.250. The Bertz CT molecular complexity index is 710. The Balaban J connectivity index is 2.36. The molecular weight excluding hydrogens is 348 g/mol. The van der Waals surface area contributed by atoms with E-state index in [0.717, 1.165) is 5.56 Å². The van der Waals surface area contributed by atoms with Gasteiger partial charge in [0.1, 0.15) is 11.5 Å². The largest absolute Gasteiger partial charge is 0.497 e. The van der Waals surface area contributed by atoms with E-state index in [1.54, 1.807) is 42.5 Å². The van der Waals surface area contributed by atoms with Gasteiger partial charge in [0.05, 0.1) is 19.8 Å². The Morgan fingerprint density at radius 3 is 2.41 bits per heavy atom. The van der Waals surface area contributed by atoms with Gasteiger partial charge in [0.15, 0.2) is 0 Å². The number of halogens is 1. The number of ether oxygens (including phenoxy) is 2. The number of ketones is 2. The summed E-state index contributed by atoms with van der Waals surface area (Å²) in [5.41, 5.74) is 1.50. The van der Waals surface area contributed by atoms with E-state index < -0.39 is 11.6 Å². The van der Waals surface area contributed by atoms with E-state index in [-0.39, 0.29) is 11.1 Å². The van der Waals surface area contributed by atoms with Gasteiger partial charge in [-0.25, -0.2) is 0 Å². The van der Waals surface area contributed by atoms with Crippen LogP contribution in [0.4, 0.5) is 0 Å². The molecule has 22 heavy (non-hydrogen) atoms. The van der Waals surface area contributed by atoms with E-state index in [1.165, 1.54) is 14.2 Å². The molecule has 2 aromatic carbocycles. The van der Waals surface area contributed by atoms with E-state index in [0.29, 0.717) is 16.8 Å². The molecule has 0 bridgehead atoms. The second-order valence-electron chi connectivity index (χ2n) is 4.56. The van der Waals surface area contributed by atoms with Gasteiger partial charge in [0.25, 0.3) is 0 Å². The predicted molar refractivity (Wildman–Crippen MR) is 87.3 cm³/mol. The lowest BCUT2D eigenvalue weighted by molar-refractivity contribution is 0.0815. The third-order valence-corrected chi connectivity index (χ3v) is 3.85. The molecule has 5 heteroatoms. The number of hydrogen-bond donors (Lipinski definition) is 0. The molecule has 0 unspecified atom stereocenters. The average Bonchev–Trinajstić information content (AvgIpc) is 2.59. The lowest BCUT2D eigenvalue weighted by Gasteiger charge is -2.09. The maximum atomic E-state index is 12.4. The van der Waals surface area contributed by atoms with E-state index in [4.69, 9.17) is 9.47 Å². The van der Waals surface area contributed by atoms with Crippen LogP contribution in [0.5, 0.6) is 11.5 Å². The molecule has 4 nitrogen and oxygen atoms in total. The Morgan fingerprint density at radius 1 is 1.00 bits per heavy atom. The molecule has 0 aromatic heterocycles. The van der Waals surface area contributed by atoms with Gasteiger partial charge in [0.2, 0.25) is 11.6 Å². The quantitative estimate of drug-likeness (QED) is 0.447. The lowest BCUT2D eigenvalue weighted by Crippen LogP contribution is -2.15. The zero-order valence-corrected chi connectivity index (χ0v) is 13.8. The maximum absolute atomic E-state index is 12.4. The van der Waals surface area contributed by atoms with Crippen molar-refractivity contribution in [2.24, 2.45) is 0 Å². The van der Waals surface area contributed by atoms with Crippen molar-refractivity contribution in [3.8, 4) is 11.5 Å². The van der Waals surface area contributed by atoms with Gasteiger partial charge < -0.3 is 9.47 Å². The second-order valence-corrected chi connectivity index (χ2v) is 5.12. The van der Waals surface area contributed by atoms with Crippen molar-refractivity contribution in [1.29, 1.82) is 0 Å². The Labute approximate surface area is 137 Å². The summed E-state index contributed by atoms with van der Waals surface area (Å²) < 4.78 is 10.3. The molecule has 0 fully saturated rings. The van der Waals surface area contributed by atoms with Crippen molar-refractivity contribution in [1.82, 2.24) is 0 Å². The van der Waals surface area contributed by atoms with Gasteiger partial charge in [0, 0.05) is 10.9 Å². The first kappa shape index (κ1) is 16.2. The molecule has 0 aliphatic heterocycles. The van der Waals surface area contributed by atoms with Gasteiger partial charge in [-0.15, -0.1) is 0 Å². The number of alkyl halides is 1. The van der Waals surface area contributed by atoms with Crippen molar-refractivity contribution in [2.45, 2.75) is 5.33 Å². The number of benzene rings is 2. The molecule has 0 atom stereocenters. The van der Waals surface area contributed by atoms with Crippen LogP contribution in [0.15, 0.2) is 42.5 Å². The minimum Gasteiger partial charge on any atom is -0.497 e. The van der Waals surface area contributed by atoms with Gasteiger partial charge in [-0.2, -0.15) is 0 Å². The first-order chi connectivity index (χ1) is 10.6. The van der Waals surface area contributed by atoms with Crippen LogP contribution >= 0.6 is 15.9 Å². The zero-order chi connectivity index (χ0) is 16.1. The minimum atomic E-state index is -0.605. The number of methoxy groups -OCH3 is 2. The Hall–Kier alpha value is -2.14. The number of carbonyl (C=O) groups excluding carboxylic acids is 2.